The number of fused-ring (bicyclic) bond motifs is 1. The summed E-state index contributed by atoms with van der Waals surface area (Å²) in [5.41, 5.74) is 0.753. The number of rotatable bonds is 3. The summed E-state index contributed by atoms with van der Waals surface area (Å²) in [4.78, 5) is 15.3. The number of aromatic hydroxyl groups is 4. The first-order valence-corrected chi connectivity index (χ1v) is 7.16. The molecule has 7 nitrogen and oxygen atoms in total. The van der Waals surface area contributed by atoms with E-state index in [4.69, 9.17) is 5.11 Å². The van der Waals surface area contributed by atoms with Crippen LogP contribution in [0.1, 0.15) is 21.6 Å². The number of hydrogen-bond donors (Lipinski definition) is 5. The van der Waals surface area contributed by atoms with E-state index in [0.29, 0.717) is 16.6 Å². The van der Waals surface area contributed by atoms with Gasteiger partial charge in [0.15, 0.2) is 23.0 Å². The number of pyridine rings is 1. The van der Waals surface area contributed by atoms with Crippen molar-refractivity contribution in [2.75, 3.05) is 0 Å². The molecule has 0 amide bonds. The van der Waals surface area contributed by atoms with Crippen LogP contribution >= 0.6 is 0 Å². The van der Waals surface area contributed by atoms with Gasteiger partial charge in [0.1, 0.15) is 11.1 Å². The van der Waals surface area contributed by atoms with Gasteiger partial charge in [-0.25, -0.2) is 9.78 Å². The fourth-order valence-electron chi connectivity index (χ4n) is 2.36. The molecule has 1 radical (unpaired) electrons. The van der Waals surface area contributed by atoms with Crippen LogP contribution in [0.5, 0.6) is 23.0 Å². The molecule has 0 spiro atoms. The van der Waals surface area contributed by atoms with Gasteiger partial charge in [-0.2, -0.15) is 0 Å². The van der Waals surface area contributed by atoms with E-state index in [-0.39, 0.29) is 40.6 Å². The van der Waals surface area contributed by atoms with Gasteiger partial charge in [-0.1, -0.05) is 18.2 Å². The van der Waals surface area contributed by atoms with Gasteiger partial charge in [0, 0.05) is 34.9 Å². The largest absolute Gasteiger partial charge is 0.505 e. The summed E-state index contributed by atoms with van der Waals surface area (Å²) in [6.07, 6.45) is 3.09. The van der Waals surface area contributed by atoms with Crippen LogP contribution in [0.2, 0.25) is 0 Å². The van der Waals surface area contributed by atoms with E-state index in [1.165, 1.54) is 24.3 Å². The molecule has 127 valence electrons. The number of carbonyl (C=O) groups is 1. The Morgan fingerprint density at radius 1 is 0.885 bits per heavy atom. The number of hydrogen-bond acceptors (Lipinski definition) is 6. The van der Waals surface area contributed by atoms with Gasteiger partial charge in [0.2, 0.25) is 0 Å². The van der Waals surface area contributed by atoms with Crippen molar-refractivity contribution in [2.24, 2.45) is 0 Å². The van der Waals surface area contributed by atoms with Gasteiger partial charge < -0.3 is 25.5 Å². The molecule has 3 aromatic rings. The molecule has 0 saturated carbocycles. The Hall–Kier alpha value is -2.74. The van der Waals surface area contributed by atoms with E-state index < -0.39 is 29.0 Å². The molecule has 1 heterocycles. The average molecular weight is 362 g/mol. The monoisotopic (exact) mass is 362 g/mol. The van der Waals surface area contributed by atoms with Crippen LogP contribution in [0.4, 0.5) is 0 Å². The van der Waals surface area contributed by atoms with Crippen molar-refractivity contribution < 1.29 is 30.3 Å². The maximum absolute atomic E-state index is 11.1. The van der Waals surface area contributed by atoms with E-state index in [1.54, 1.807) is 24.3 Å². The summed E-state index contributed by atoms with van der Waals surface area (Å²) in [7, 11) is 0. The Morgan fingerprint density at radius 3 is 2.12 bits per heavy atom. The van der Waals surface area contributed by atoms with E-state index in [1.807, 2.05) is 0 Å². The number of phenols is 4. The van der Waals surface area contributed by atoms with Crippen molar-refractivity contribution in [3.8, 4) is 23.0 Å². The van der Waals surface area contributed by atoms with Gasteiger partial charge in [-0.05, 0) is 35.9 Å². The van der Waals surface area contributed by atoms with Crippen molar-refractivity contribution in [2.45, 2.75) is 0 Å². The number of aromatic carboxylic acids is 1. The molecule has 1 aromatic heterocycles. The van der Waals surface area contributed by atoms with Crippen LogP contribution in [0.25, 0.3) is 23.1 Å². The fourth-order valence-corrected chi connectivity index (χ4v) is 2.36. The normalized spacial score (nSPS) is 10.8. The maximum Gasteiger partial charge on any atom is 0.339 e. The molecular formula is C18H13NNaO6. The molecule has 0 atom stereocenters. The second kappa shape index (κ2) is 7.65. The third-order valence-corrected chi connectivity index (χ3v) is 3.63. The van der Waals surface area contributed by atoms with Crippen LogP contribution in [0.3, 0.4) is 0 Å². The van der Waals surface area contributed by atoms with E-state index >= 15 is 0 Å². The molecule has 0 saturated heterocycles. The Bertz CT molecular complexity index is 1010. The molecule has 0 aliphatic carbocycles. The maximum atomic E-state index is 11.1. The minimum absolute atomic E-state index is 0. The molecular weight excluding hydrogens is 349 g/mol. The zero-order chi connectivity index (χ0) is 18.1. The molecule has 0 aliphatic heterocycles. The number of carboxylic acids is 1. The number of phenolic OH excluding ortho intramolecular Hbond substituents is 3. The average Bonchev–Trinajstić information content (AvgIpc) is 2.58. The third kappa shape index (κ3) is 3.75. The first-order valence-electron chi connectivity index (χ1n) is 7.16. The van der Waals surface area contributed by atoms with Gasteiger partial charge in [0.25, 0.3) is 0 Å². The molecule has 0 aliphatic rings. The summed E-state index contributed by atoms with van der Waals surface area (Å²) in [6.45, 7) is 0. The van der Waals surface area contributed by atoms with Crippen LogP contribution in [-0.2, 0) is 0 Å². The summed E-state index contributed by atoms with van der Waals surface area (Å²) in [5, 5.41) is 48.0. The zero-order valence-corrected chi connectivity index (χ0v) is 15.7. The van der Waals surface area contributed by atoms with Crippen LogP contribution in [0.15, 0.2) is 36.4 Å². The number of benzene rings is 2. The van der Waals surface area contributed by atoms with Gasteiger partial charge >= 0.3 is 5.97 Å². The number of carboxylic acid groups (broad SMARTS) is 1. The Balaban J connectivity index is 0.00000243. The molecule has 5 N–H and O–H groups in total. The van der Waals surface area contributed by atoms with Gasteiger partial charge in [-0.3, -0.25) is 0 Å². The summed E-state index contributed by atoms with van der Waals surface area (Å²) >= 11 is 0. The third-order valence-electron chi connectivity index (χ3n) is 3.63. The predicted octanol–water partition coefficient (Wildman–Crippen LogP) is 2.55. The SMILES string of the molecule is O=C(O)c1ccc2ccc(/C=C/c3cc(O)c(O)c(O)c3)nc2c1O.[Na]. The topological polar surface area (TPSA) is 131 Å². The van der Waals surface area contributed by atoms with Crippen molar-refractivity contribution >= 4 is 58.6 Å². The smallest absolute Gasteiger partial charge is 0.339 e. The number of aromatic nitrogens is 1. The van der Waals surface area contributed by atoms with Gasteiger partial charge in [0.05, 0.1) is 5.69 Å². The summed E-state index contributed by atoms with van der Waals surface area (Å²) < 4.78 is 0. The second-order valence-corrected chi connectivity index (χ2v) is 5.32. The Labute approximate surface area is 169 Å². The van der Waals surface area contributed by atoms with Crippen molar-refractivity contribution in [1.29, 1.82) is 0 Å². The molecule has 0 fully saturated rings. The molecule has 3 rings (SSSR count). The molecule has 8 heteroatoms. The molecule has 0 bridgehead atoms. The first kappa shape index (κ1) is 19.6. The fraction of sp³-hybridized carbons (Fsp3) is 0. The predicted molar refractivity (Wildman–Crippen MR) is 96.5 cm³/mol. The van der Waals surface area contributed by atoms with E-state index in [2.05, 4.69) is 4.98 Å². The number of nitrogens with zero attached hydrogens (tertiary/aromatic N) is 1. The summed E-state index contributed by atoms with van der Waals surface area (Å²) in [5.74, 6) is -3.20. The van der Waals surface area contributed by atoms with E-state index in [9.17, 15) is 25.2 Å². The Kier molecular flexibility index (Phi) is 5.76. The molecule has 26 heavy (non-hydrogen) atoms. The summed E-state index contributed by atoms with van der Waals surface area (Å²) in [6, 6.07) is 8.71. The van der Waals surface area contributed by atoms with Crippen LogP contribution in [0, 0.1) is 0 Å². The standard InChI is InChI=1S/C18H13NO6.Na/c20-13-7-9(8-14(21)17(13)23)1-4-11-5-2-10-3-6-12(18(24)25)16(22)15(10)19-11;/h1-8,20-23H,(H,24,25);/b4-1+;. The van der Waals surface area contributed by atoms with E-state index in [0.717, 1.165) is 0 Å². The quantitative estimate of drug-likeness (QED) is 0.357. The molecule has 0 unspecified atom stereocenters. The van der Waals surface area contributed by atoms with Crippen molar-refractivity contribution in [1.82, 2.24) is 4.98 Å². The van der Waals surface area contributed by atoms with Crippen LogP contribution in [-0.4, -0.2) is 66.0 Å². The first-order chi connectivity index (χ1) is 11.9. The second-order valence-electron chi connectivity index (χ2n) is 5.32. The molecule has 2 aromatic carbocycles. The Morgan fingerprint density at radius 2 is 1.50 bits per heavy atom. The van der Waals surface area contributed by atoms with Crippen LogP contribution < -0.4 is 0 Å². The minimum Gasteiger partial charge on any atom is -0.505 e. The van der Waals surface area contributed by atoms with Gasteiger partial charge in [-0.15, -0.1) is 0 Å². The van der Waals surface area contributed by atoms with Crippen molar-refractivity contribution in [3.63, 3.8) is 0 Å². The minimum atomic E-state index is -1.25. The zero-order valence-electron chi connectivity index (χ0n) is 13.7. The van der Waals surface area contributed by atoms with Crippen molar-refractivity contribution in [3.05, 3.63) is 53.2 Å².